The zero-order valence-corrected chi connectivity index (χ0v) is 14.4. The summed E-state index contributed by atoms with van der Waals surface area (Å²) in [5.41, 5.74) is 1.25. The zero-order valence-electron chi connectivity index (χ0n) is 14.4. The fourth-order valence-electron chi connectivity index (χ4n) is 3.09. The number of carbonyl (C=O) groups is 2. The van der Waals surface area contributed by atoms with Gasteiger partial charge in [-0.1, -0.05) is 43.2 Å². The van der Waals surface area contributed by atoms with Crippen molar-refractivity contribution in [1.29, 1.82) is 0 Å². The molecule has 2 aromatic rings. The van der Waals surface area contributed by atoms with E-state index in [2.05, 4.69) is 5.32 Å². The minimum atomic E-state index is -0.559. The lowest BCUT2D eigenvalue weighted by molar-refractivity contribution is -0.127. The number of amides is 1. The summed E-state index contributed by atoms with van der Waals surface area (Å²) in [7, 11) is 0. The van der Waals surface area contributed by atoms with Crippen LogP contribution < -0.4 is 10.1 Å². The number of ketones is 1. The van der Waals surface area contributed by atoms with Crippen molar-refractivity contribution >= 4 is 11.7 Å². The smallest absolute Gasteiger partial charge is 0.260 e. The molecule has 4 heteroatoms. The Labute approximate surface area is 148 Å². The maximum Gasteiger partial charge on any atom is 0.260 e. The van der Waals surface area contributed by atoms with Crippen LogP contribution in [0.1, 0.15) is 48.5 Å². The zero-order chi connectivity index (χ0) is 17.6. The van der Waals surface area contributed by atoms with Crippen LogP contribution in [0.5, 0.6) is 5.75 Å². The summed E-state index contributed by atoms with van der Waals surface area (Å²) in [6.07, 6.45) is 3.90. The lowest BCUT2D eigenvalue weighted by Crippen LogP contribution is -2.41. The minimum absolute atomic E-state index is 0.0285. The van der Waals surface area contributed by atoms with Gasteiger partial charge in [-0.05, 0) is 44.0 Å². The summed E-state index contributed by atoms with van der Waals surface area (Å²) in [6, 6.07) is 16.4. The Morgan fingerprint density at radius 2 is 1.56 bits per heavy atom. The standard InChI is InChI=1S/C21H23NO3/c1-15(21(24)22-18-9-5-6-10-18)25-19-13-11-17(12-14-19)20(23)16-7-3-2-4-8-16/h2-4,7-8,11-15,18H,5-6,9-10H2,1H3,(H,22,24)/t15-/m1/s1. The van der Waals surface area contributed by atoms with Gasteiger partial charge in [0.25, 0.3) is 5.91 Å². The molecule has 3 rings (SSSR count). The van der Waals surface area contributed by atoms with Crippen LogP contribution in [0.3, 0.4) is 0 Å². The third-order valence-electron chi connectivity index (χ3n) is 4.54. The summed E-state index contributed by atoms with van der Waals surface area (Å²) in [5, 5.41) is 3.03. The van der Waals surface area contributed by atoms with Crippen LogP contribution in [0.25, 0.3) is 0 Å². The van der Waals surface area contributed by atoms with Gasteiger partial charge in [0.15, 0.2) is 11.9 Å². The molecule has 0 radical (unpaired) electrons. The second kappa shape index (κ2) is 7.97. The van der Waals surface area contributed by atoms with Crippen molar-refractivity contribution in [3.8, 4) is 5.75 Å². The summed E-state index contributed by atoms with van der Waals surface area (Å²) in [5.74, 6) is 0.467. The molecule has 2 aromatic carbocycles. The second-order valence-corrected chi connectivity index (χ2v) is 6.47. The quantitative estimate of drug-likeness (QED) is 0.817. The fraction of sp³-hybridized carbons (Fsp3) is 0.333. The Morgan fingerprint density at radius 3 is 2.20 bits per heavy atom. The van der Waals surface area contributed by atoms with Crippen molar-refractivity contribution in [2.45, 2.75) is 44.8 Å². The molecule has 4 nitrogen and oxygen atoms in total. The van der Waals surface area contributed by atoms with E-state index >= 15 is 0 Å². The molecule has 0 heterocycles. The topological polar surface area (TPSA) is 55.4 Å². The summed E-state index contributed by atoms with van der Waals surface area (Å²) < 4.78 is 5.70. The molecule has 1 aliphatic rings. The number of hydrogen-bond acceptors (Lipinski definition) is 3. The molecular weight excluding hydrogens is 314 g/mol. The highest BCUT2D eigenvalue weighted by atomic mass is 16.5. The summed E-state index contributed by atoms with van der Waals surface area (Å²) in [6.45, 7) is 1.74. The second-order valence-electron chi connectivity index (χ2n) is 6.47. The van der Waals surface area contributed by atoms with Gasteiger partial charge in [-0.3, -0.25) is 9.59 Å². The van der Waals surface area contributed by atoms with Crippen LogP contribution in [0.4, 0.5) is 0 Å². The predicted octanol–water partition coefficient (Wildman–Crippen LogP) is 3.74. The van der Waals surface area contributed by atoms with E-state index in [-0.39, 0.29) is 17.7 Å². The third kappa shape index (κ3) is 4.47. The Bertz CT molecular complexity index is 719. The van der Waals surface area contributed by atoms with Crippen LogP contribution >= 0.6 is 0 Å². The third-order valence-corrected chi connectivity index (χ3v) is 4.54. The molecule has 1 atom stereocenters. The first-order chi connectivity index (χ1) is 12.1. The van der Waals surface area contributed by atoms with E-state index in [1.165, 1.54) is 12.8 Å². The van der Waals surface area contributed by atoms with Gasteiger partial charge < -0.3 is 10.1 Å². The van der Waals surface area contributed by atoms with E-state index in [1.54, 1.807) is 43.3 Å². The fourth-order valence-corrected chi connectivity index (χ4v) is 3.09. The van der Waals surface area contributed by atoms with Crippen molar-refractivity contribution < 1.29 is 14.3 Å². The summed E-state index contributed by atoms with van der Waals surface area (Å²) in [4.78, 5) is 24.5. The molecule has 1 amide bonds. The van der Waals surface area contributed by atoms with Crippen LogP contribution in [0.15, 0.2) is 54.6 Å². The molecule has 0 bridgehead atoms. The first kappa shape index (κ1) is 17.2. The van der Waals surface area contributed by atoms with Crippen molar-refractivity contribution in [3.05, 3.63) is 65.7 Å². The monoisotopic (exact) mass is 337 g/mol. The number of nitrogens with one attached hydrogen (secondary N) is 1. The highest BCUT2D eigenvalue weighted by Gasteiger charge is 2.21. The minimum Gasteiger partial charge on any atom is -0.481 e. The lowest BCUT2D eigenvalue weighted by atomic mass is 10.0. The first-order valence-electron chi connectivity index (χ1n) is 8.80. The molecule has 0 spiro atoms. The van der Waals surface area contributed by atoms with Gasteiger partial charge >= 0.3 is 0 Å². The molecule has 1 N–H and O–H groups in total. The van der Waals surface area contributed by atoms with E-state index in [0.29, 0.717) is 16.9 Å². The van der Waals surface area contributed by atoms with Gasteiger partial charge in [-0.25, -0.2) is 0 Å². The van der Waals surface area contributed by atoms with Crippen LogP contribution in [0.2, 0.25) is 0 Å². The molecule has 1 saturated carbocycles. The van der Waals surface area contributed by atoms with Crippen molar-refractivity contribution in [2.75, 3.05) is 0 Å². The van der Waals surface area contributed by atoms with Gasteiger partial charge in [-0.15, -0.1) is 0 Å². The van der Waals surface area contributed by atoms with Gasteiger partial charge in [0, 0.05) is 17.2 Å². The van der Waals surface area contributed by atoms with E-state index in [4.69, 9.17) is 4.74 Å². The Kier molecular flexibility index (Phi) is 5.49. The normalized spacial score (nSPS) is 15.6. The lowest BCUT2D eigenvalue weighted by Gasteiger charge is -2.18. The van der Waals surface area contributed by atoms with Gasteiger partial charge in [0.05, 0.1) is 0 Å². The van der Waals surface area contributed by atoms with Gasteiger partial charge in [0.1, 0.15) is 5.75 Å². The molecule has 0 saturated heterocycles. The van der Waals surface area contributed by atoms with Crippen LogP contribution in [-0.4, -0.2) is 23.8 Å². The van der Waals surface area contributed by atoms with Crippen molar-refractivity contribution in [2.24, 2.45) is 0 Å². The molecule has 1 aliphatic carbocycles. The number of ether oxygens (including phenoxy) is 1. The number of hydrogen-bond donors (Lipinski definition) is 1. The first-order valence-corrected chi connectivity index (χ1v) is 8.80. The predicted molar refractivity (Wildman–Crippen MR) is 96.8 cm³/mol. The van der Waals surface area contributed by atoms with Crippen LogP contribution in [0, 0.1) is 0 Å². The molecule has 130 valence electrons. The SMILES string of the molecule is C[C@@H](Oc1ccc(C(=O)c2ccccc2)cc1)C(=O)NC1CCCC1. The average Bonchev–Trinajstić information content (AvgIpc) is 3.15. The number of rotatable bonds is 6. The van der Waals surface area contributed by atoms with Crippen LogP contribution in [-0.2, 0) is 4.79 Å². The molecule has 0 aromatic heterocycles. The van der Waals surface area contributed by atoms with Crippen molar-refractivity contribution in [1.82, 2.24) is 5.32 Å². The Hall–Kier alpha value is -2.62. The molecule has 25 heavy (non-hydrogen) atoms. The highest BCUT2D eigenvalue weighted by molar-refractivity contribution is 6.08. The largest absolute Gasteiger partial charge is 0.481 e. The van der Waals surface area contributed by atoms with E-state index in [0.717, 1.165) is 12.8 Å². The van der Waals surface area contributed by atoms with E-state index in [1.807, 2.05) is 18.2 Å². The van der Waals surface area contributed by atoms with Gasteiger partial charge in [0.2, 0.25) is 0 Å². The van der Waals surface area contributed by atoms with E-state index < -0.39 is 6.10 Å². The average molecular weight is 337 g/mol. The molecule has 1 fully saturated rings. The summed E-state index contributed by atoms with van der Waals surface area (Å²) >= 11 is 0. The van der Waals surface area contributed by atoms with Crippen molar-refractivity contribution in [3.63, 3.8) is 0 Å². The Morgan fingerprint density at radius 1 is 0.960 bits per heavy atom. The Balaban J connectivity index is 1.58. The maximum atomic E-state index is 12.4. The van der Waals surface area contributed by atoms with Gasteiger partial charge in [-0.2, -0.15) is 0 Å². The molecular formula is C21H23NO3. The maximum absolute atomic E-state index is 12.4. The number of carbonyl (C=O) groups excluding carboxylic acids is 2. The molecule has 0 unspecified atom stereocenters. The number of benzene rings is 2. The molecule has 0 aliphatic heterocycles. The van der Waals surface area contributed by atoms with E-state index in [9.17, 15) is 9.59 Å². The highest BCUT2D eigenvalue weighted by Crippen LogP contribution is 2.19.